The van der Waals surface area contributed by atoms with Crippen LogP contribution < -0.4 is 5.73 Å². The maximum atomic E-state index is 5.81. The van der Waals surface area contributed by atoms with E-state index in [0.29, 0.717) is 18.1 Å². The Morgan fingerprint density at radius 1 is 1.29 bits per heavy atom. The number of para-hydroxylation sites is 2. The van der Waals surface area contributed by atoms with Crippen molar-refractivity contribution < 1.29 is 0 Å². The fourth-order valence-electron chi connectivity index (χ4n) is 2.42. The van der Waals surface area contributed by atoms with Gasteiger partial charge in [-0.1, -0.05) is 23.9 Å². The highest BCUT2D eigenvalue weighted by atomic mass is 32.2. The van der Waals surface area contributed by atoms with Crippen molar-refractivity contribution in [2.45, 2.75) is 18.6 Å². The molecule has 3 aromatic rings. The van der Waals surface area contributed by atoms with Crippen LogP contribution in [0.25, 0.3) is 11.0 Å². The molecule has 0 saturated carbocycles. The van der Waals surface area contributed by atoms with E-state index in [2.05, 4.69) is 30.9 Å². The number of nitrogens with two attached hydrogens (primary N) is 1. The molecule has 0 aliphatic carbocycles. The lowest BCUT2D eigenvalue weighted by molar-refractivity contribution is 0.657. The van der Waals surface area contributed by atoms with Crippen LogP contribution in [0, 0.1) is 6.92 Å². The van der Waals surface area contributed by atoms with E-state index >= 15 is 0 Å². The first-order valence-electron chi connectivity index (χ1n) is 6.54. The Labute approximate surface area is 124 Å². The summed E-state index contributed by atoms with van der Waals surface area (Å²) < 4.78 is 3.83. The molecule has 2 N–H and O–H groups in total. The highest BCUT2D eigenvalue weighted by Crippen LogP contribution is 2.22. The van der Waals surface area contributed by atoms with E-state index in [1.165, 1.54) is 0 Å². The smallest absolute Gasteiger partial charge is 0.212 e. The van der Waals surface area contributed by atoms with Crippen LogP contribution in [0.1, 0.15) is 11.6 Å². The molecule has 106 valence electrons. The number of amidine groups is 1. The van der Waals surface area contributed by atoms with Crippen LogP contribution in [0.4, 0.5) is 0 Å². The Morgan fingerprint density at radius 2 is 2.14 bits per heavy atom. The lowest BCUT2D eigenvalue weighted by Gasteiger charge is -2.11. The largest absolute Gasteiger partial charge is 0.385 e. The highest BCUT2D eigenvalue weighted by Gasteiger charge is 2.19. The number of aromatic nitrogens is 5. The van der Waals surface area contributed by atoms with Gasteiger partial charge in [0.05, 0.1) is 23.3 Å². The van der Waals surface area contributed by atoms with Gasteiger partial charge in [-0.2, -0.15) is 9.78 Å². The monoisotopic (exact) mass is 299 g/mol. The van der Waals surface area contributed by atoms with E-state index in [4.69, 9.17) is 5.73 Å². The third-order valence-corrected chi connectivity index (χ3v) is 4.35. The summed E-state index contributed by atoms with van der Waals surface area (Å²) in [5.74, 6) is 2.94. The van der Waals surface area contributed by atoms with Gasteiger partial charge in [0.15, 0.2) is 5.82 Å². The lowest BCUT2D eigenvalue weighted by Crippen LogP contribution is -2.21. The molecule has 0 bridgehead atoms. The molecular formula is C13H13N7S. The van der Waals surface area contributed by atoms with Gasteiger partial charge in [0, 0.05) is 0 Å². The zero-order valence-electron chi connectivity index (χ0n) is 11.4. The summed E-state index contributed by atoms with van der Waals surface area (Å²) in [6.45, 7) is 2.55. The number of thioether (sulfide) groups is 1. The Bertz CT molecular complexity index is 861. The van der Waals surface area contributed by atoms with E-state index in [0.717, 1.165) is 27.8 Å². The summed E-state index contributed by atoms with van der Waals surface area (Å²) in [7, 11) is 0. The van der Waals surface area contributed by atoms with E-state index in [-0.39, 0.29) is 0 Å². The van der Waals surface area contributed by atoms with Gasteiger partial charge in [0.2, 0.25) is 5.16 Å². The minimum atomic E-state index is 0.566. The standard InChI is InChI=1S/C13H13N7S/c1-8-15-9-4-2-3-5-10(9)19(8)6-12-16-17-13-20(12)18-11(14)7-21-13/h2-5H,6-7H2,1H3,(H2,14,18). The summed E-state index contributed by atoms with van der Waals surface area (Å²) in [5, 5.41) is 13.5. The Balaban J connectivity index is 1.80. The second kappa shape index (κ2) is 4.59. The SMILES string of the molecule is Cc1nc2ccccc2n1Cc1nnc2n1N=C(N)CS2. The minimum Gasteiger partial charge on any atom is -0.385 e. The average molecular weight is 299 g/mol. The van der Waals surface area contributed by atoms with Crippen LogP contribution in [-0.4, -0.2) is 36.0 Å². The maximum absolute atomic E-state index is 5.81. The molecule has 1 aromatic carbocycles. The van der Waals surface area contributed by atoms with E-state index in [1.807, 2.05) is 25.1 Å². The molecule has 3 heterocycles. The second-order valence-electron chi connectivity index (χ2n) is 4.82. The molecule has 0 amide bonds. The number of nitrogens with zero attached hydrogens (tertiary/aromatic N) is 6. The van der Waals surface area contributed by atoms with Crippen molar-refractivity contribution in [1.29, 1.82) is 0 Å². The third kappa shape index (κ3) is 1.99. The van der Waals surface area contributed by atoms with E-state index < -0.39 is 0 Å². The second-order valence-corrected chi connectivity index (χ2v) is 5.77. The molecule has 8 heteroatoms. The van der Waals surface area contributed by atoms with Crippen molar-refractivity contribution in [2.24, 2.45) is 10.8 Å². The van der Waals surface area contributed by atoms with Gasteiger partial charge < -0.3 is 10.3 Å². The Hall–Kier alpha value is -2.35. The maximum Gasteiger partial charge on any atom is 0.212 e. The highest BCUT2D eigenvalue weighted by molar-refractivity contribution is 7.99. The first kappa shape index (κ1) is 12.4. The van der Waals surface area contributed by atoms with Gasteiger partial charge >= 0.3 is 0 Å². The van der Waals surface area contributed by atoms with Crippen molar-refractivity contribution in [3.63, 3.8) is 0 Å². The number of aryl methyl sites for hydroxylation is 1. The number of rotatable bonds is 2. The molecule has 0 saturated heterocycles. The number of imidazole rings is 1. The fourth-order valence-corrected chi connectivity index (χ4v) is 3.12. The minimum absolute atomic E-state index is 0.566. The van der Waals surface area contributed by atoms with Crippen molar-refractivity contribution in [3.8, 4) is 0 Å². The number of hydrogen-bond donors (Lipinski definition) is 1. The molecule has 0 spiro atoms. The van der Waals surface area contributed by atoms with Gasteiger partial charge in [0.1, 0.15) is 11.7 Å². The topological polar surface area (TPSA) is 86.9 Å². The van der Waals surface area contributed by atoms with Crippen LogP contribution in [0.15, 0.2) is 34.5 Å². The first-order chi connectivity index (χ1) is 10.2. The molecule has 4 rings (SSSR count). The number of hydrogen-bond acceptors (Lipinski definition) is 6. The molecule has 0 fully saturated rings. The molecule has 21 heavy (non-hydrogen) atoms. The zero-order valence-corrected chi connectivity index (χ0v) is 12.2. The third-order valence-electron chi connectivity index (χ3n) is 3.40. The van der Waals surface area contributed by atoms with Gasteiger partial charge in [0.25, 0.3) is 0 Å². The van der Waals surface area contributed by atoms with Crippen molar-refractivity contribution in [1.82, 2.24) is 24.4 Å². The van der Waals surface area contributed by atoms with Gasteiger partial charge in [-0.25, -0.2) is 4.98 Å². The van der Waals surface area contributed by atoms with Gasteiger partial charge in [-0.05, 0) is 19.1 Å². The fraction of sp³-hybridized carbons (Fsp3) is 0.231. The van der Waals surface area contributed by atoms with Crippen LogP contribution in [0.5, 0.6) is 0 Å². The summed E-state index contributed by atoms with van der Waals surface area (Å²) in [4.78, 5) is 4.56. The molecule has 0 unspecified atom stereocenters. The number of benzene rings is 1. The van der Waals surface area contributed by atoms with Crippen LogP contribution in [0.2, 0.25) is 0 Å². The summed E-state index contributed by atoms with van der Waals surface area (Å²) in [6.07, 6.45) is 0. The molecule has 0 atom stereocenters. The molecule has 1 aliphatic rings. The predicted molar refractivity (Wildman–Crippen MR) is 81.3 cm³/mol. The summed E-state index contributed by atoms with van der Waals surface area (Å²) in [6, 6.07) is 8.05. The molecule has 2 aromatic heterocycles. The molecule has 0 radical (unpaired) electrons. The molecule has 7 nitrogen and oxygen atoms in total. The van der Waals surface area contributed by atoms with Crippen molar-refractivity contribution in [3.05, 3.63) is 35.9 Å². The quantitative estimate of drug-likeness (QED) is 0.768. The van der Waals surface area contributed by atoms with E-state index in [1.54, 1.807) is 16.4 Å². The lowest BCUT2D eigenvalue weighted by atomic mass is 10.3. The normalized spacial score (nSPS) is 14.2. The number of fused-ring (bicyclic) bond motifs is 2. The van der Waals surface area contributed by atoms with Crippen LogP contribution >= 0.6 is 11.8 Å². The predicted octanol–water partition coefficient (Wildman–Crippen LogP) is 1.21. The van der Waals surface area contributed by atoms with Crippen LogP contribution in [0.3, 0.4) is 0 Å². The van der Waals surface area contributed by atoms with Gasteiger partial charge in [-0.3, -0.25) is 0 Å². The van der Waals surface area contributed by atoms with Crippen LogP contribution in [-0.2, 0) is 6.54 Å². The molecular weight excluding hydrogens is 286 g/mol. The summed E-state index contributed by atoms with van der Waals surface area (Å²) >= 11 is 1.55. The first-order valence-corrected chi connectivity index (χ1v) is 7.53. The van der Waals surface area contributed by atoms with Crippen molar-refractivity contribution in [2.75, 3.05) is 5.75 Å². The average Bonchev–Trinajstić information content (AvgIpc) is 3.01. The zero-order chi connectivity index (χ0) is 14.4. The van der Waals surface area contributed by atoms with Crippen molar-refractivity contribution >= 4 is 28.6 Å². The molecule has 1 aliphatic heterocycles. The van der Waals surface area contributed by atoms with E-state index in [9.17, 15) is 0 Å². The summed E-state index contributed by atoms with van der Waals surface area (Å²) in [5.41, 5.74) is 7.86. The Morgan fingerprint density at radius 3 is 3.05 bits per heavy atom. The Kier molecular flexibility index (Phi) is 2.71. The van der Waals surface area contributed by atoms with Gasteiger partial charge in [-0.15, -0.1) is 10.2 Å².